The van der Waals surface area contributed by atoms with Crippen LogP contribution in [0.5, 0.6) is 0 Å². The molecule has 0 atom stereocenters. The molecular weight excluding hydrogens is 391 g/mol. The molecular formula is C8H12F6NNaO5S2. The zero-order chi connectivity index (χ0) is 17.6. The maximum atomic E-state index is 13.6. The van der Waals surface area contributed by atoms with Crippen molar-refractivity contribution in [3.05, 3.63) is 0 Å². The number of piperidine rings is 1. The molecule has 1 heterocycles. The third kappa shape index (κ3) is 3.67. The first-order chi connectivity index (χ1) is 9.61. The van der Waals surface area contributed by atoms with Crippen LogP contribution in [0.1, 0.15) is 19.3 Å². The number of rotatable bonds is 5. The van der Waals surface area contributed by atoms with Crippen LogP contribution in [0.25, 0.3) is 0 Å². The van der Waals surface area contributed by atoms with Crippen molar-refractivity contribution in [3.63, 3.8) is 0 Å². The molecule has 0 unspecified atom stereocenters. The van der Waals surface area contributed by atoms with Gasteiger partial charge >= 0.3 is 56.1 Å². The zero-order valence-electron chi connectivity index (χ0n) is 10.6. The molecule has 6 nitrogen and oxygen atoms in total. The Kier molecular flexibility index (Phi) is 7.08. The van der Waals surface area contributed by atoms with Crippen LogP contribution >= 0.6 is 0 Å². The fourth-order valence-corrected chi connectivity index (χ4v) is 3.79. The van der Waals surface area contributed by atoms with Gasteiger partial charge < -0.3 is 0 Å². The van der Waals surface area contributed by atoms with Crippen molar-refractivity contribution < 1.29 is 47.7 Å². The second-order valence-corrected chi connectivity index (χ2v) is 7.99. The van der Waals surface area contributed by atoms with Gasteiger partial charge in [-0.05, 0) is 12.8 Å². The van der Waals surface area contributed by atoms with Crippen LogP contribution < -0.4 is 0 Å². The molecule has 0 aromatic rings. The van der Waals surface area contributed by atoms with E-state index in [9.17, 15) is 43.2 Å². The van der Waals surface area contributed by atoms with Gasteiger partial charge in [0.2, 0.25) is 0 Å². The van der Waals surface area contributed by atoms with E-state index in [4.69, 9.17) is 4.55 Å². The summed E-state index contributed by atoms with van der Waals surface area (Å²) in [6.45, 7) is -1.18. The summed E-state index contributed by atoms with van der Waals surface area (Å²) in [7, 11) is -13.2. The number of sulfonamides is 1. The summed E-state index contributed by atoms with van der Waals surface area (Å²) in [6.07, 6.45) is 0.528. The SMILES string of the molecule is O=S(=O)(O)C(F)(F)C(F)(F)C(F)(F)S(=O)(=O)N1CCCCC1.[NaH]. The summed E-state index contributed by atoms with van der Waals surface area (Å²) < 4.78 is 131. The first-order valence-corrected chi connectivity index (χ1v) is 8.59. The normalized spacial score (nSPS) is 19.3. The standard InChI is InChI=1S/C8H11F6NO5S2.Na.H/c9-6(10,8(13,14)22(18,19)20)7(11,12)21(16,17)15-4-2-1-3-5-15;;/h1-5H2,(H,18,19,20);;. The summed E-state index contributed by atoms with van der Waals surface area (Å²) in [5.41, 5.74) is 0. The minimum atomic E-state index is -6.98. The molecule has 0 radical (unpaired) electrons. The molecule has 1 aliphatic rings. The molecule has 15 heteroatoms. The van der Waals surface area contributed by atoms with Crippen molar-refractivity contribution in [1.29, 1.82) is 0 Å². The molecule has 134 valence electrons. The second kappa shape index (κ2) is 6.96. The fourth-order valence-electron chi connectivity index (χ4n) is 1.76. The molecule has 0 bridgehead atoms. The molecule has 0 saturated carbocycles. The molecule has 1 rings (SSSR count). The predicted molar refractivity (Wildman–Crippen MR) is 67.9 cm³/mol. The van der Waals surface area contributed by atoms with E-state index < -0.39 is 49.7 Å². The summed E-state index contributed by atoms with van der Waals surface area (Å²) in [4.78, 5) is 0. The van der Waals surface area contributed by atoms with Gasteiger partial charge in [0.15, 0.2) is 0 Å². The third-order valence-electron chi connectivity index (χ3n) is 3.03. The summed E-state index contributed by atoms with van der Waals surface area (Å²) in [5, 5.41) is -13.1. The Balaban J connectivity index is 0.00000484. The van der Waals surface area contributed by atoms with Crippen LogP contribution in [0.4, 0.5) is 26.3 Å². The molecule has 1 N–H and O–H groups in total. The van der Waals surface area contributed by atoms with Gasteiger partial charge in [-0.1, -0.05) is 6.42 Å². The fraction of sp³-hybridized carbons (Fsp3) is 1.00. The van der Waals surface area contributed by atoms with E-state index in [2.05, 4.69) is 0 Å². The number of alkyl halides is 6. The molecule has 0 aromatic carbocycles. The number of hydrogen-bond acceptors (Lipinski definition) is 4. The number of hydrogen-bond donors (Lipinski definition) is 1. The van der Waals surface area contributed by atoms with Crippen LogP contribution in [0.2, 0.25) is 0 Å². The monoisotopic (exact) mass is 403 g/mol. The first-order valence-electron chi connectivity index (χ1n) is 5.71. The van der Waals surface area contributed by atoms with Gasteiger partial charge in [0.05, 0.1) is 0 Å². The van der Waals surface area contributed by atoms with Crippen LogP contribution in [-0.4, -0.2) is 84.8 Å². The van der Waals surface area contributed by atoms with Gasteiger partial charge in [-0.3, -0.25) is 4.55 Å². The topological polar surface area (TPSA) is 91.7 Å². The van der Waals surface area contributed by atoms with Gasteiger partial charge in [-0.2, -0.15) is 39.1 Å². The molecule has 1 aliphatic heterocycles. The van der Waals surface area contributed by atoms with Crippen molar-refractivity contribution in [1.82, 2.24) is 4.31 Å². The zero-order valence-corrected chi connectivity index (χ0v) is 12.3. The average molecular weight is 403 g/mol. The molecule has 0 aromatic heterocycles. The van der Waals surface area contributed by atoms with E-state index in [0.717, 1.165) is 0 Å². The van der Waals surface area contributed by atoms with Crippen molar-refractivity contribution in [2.45, 2.75) is 35.7 Å². The van der Waals surface area contributed by atoms with Crippen LogP contribution in [0.15, 0.2) is 0 Å². The van der Waals surface area contributed by atoms with Gasteiger partial charge in [-0.15, -0.1) is 0 Å². The van der Waals surface area contributed by atoms with Crippen molar-refractivity contribution in [2.24, 2.45) is 0 Å². The van der Waals surface area contributed by atoms with E-state index >= 15 is 0 Å². The van der Waals surface area contributed by atoms with Crippen molar-refractivity contribution in [2.75, 3.05) is 13.1 Å². The summed E-state index contributed by atoms with van der Waals surface area (Å²) in [6, 6.07) is 0. The second-order valence-electron chi connectivity index (χ2n) is 4.55. The van der Waals surface area contributed by atoms with Crippen LogP contribution in [-0.2, 0) is 20.1 Å². The molecule has 1 saturated heterocycles. The van der Waals surface area contributed by atoms with Crippen molar-refractivity contribution in [3.8, 4) is 0 Å². The quantitative estimate of drug-likeness (QED) is 0.418. The van der Waals surface area contributed by atoms with Crippen LogP contribution in [0, 0.1) is 0 Å². The molecule has 0 spiro atoms. The van der Waals surface area contributed by atoms with Gasteiger partial charge in [-0.25, -0.2) is 8.42 Å². The Morgan fingerprint density at radius 3 is 1.52 bits per heavy atom. The van der Waals surface area contributed by atoms with Gasteiger partial charge in [0.1, 0.15) is 0 Å². The minimum absolute atomic E-state index is 0. The molecule has 23 heavy (non-hydrogen) atoms. The van der Waals surface area contributed by atoms with E-state index in [-0.39, 0.29) is 46.7 Å². The summed E-state index contributed by atoms with van der Waals surface area (Å²) >= 11 is 0. The van der Waals surface area contributed by atoms with E-state index in [0.29, 0.717) is 6.42 Å². The van der Waals surface area contributed by atoms with E-state index in [1.807, 2.05) is 0 Å². The Morgan fingerprint density at radius 2 is 1.17 bits per heavy atom. The number of nitrogens with zero attached hydrogens (tertiary/aromatic N) is 1. The Hall–Kier alpha value is 0.400. The van der Waals surface area contributed by atoms with E-state index in [1.165, 1.54) is 0 Å². The third-order valence-corrected chi connectivity index (χ3v) is 5.89. The Labute approximate surface area is 150 Å². The number of halogens is 6. The molecule has 0 amide bonds. The van der Waals surface area contributed by atoms with Crippen molar-refractivity contribution >= 4 is 49.7 Å². The maximum absolute atomic E-state index is 13.6. The first kappa shape index (κ1) is 23.4. The average Bonchev–Trinajstić information content (AvgIpc) is 2.37. The summed E-state index contributed by atoms with van der Waals surface area (Å²) in [5.74, 6) is -6.87. The Bertz CT molecular complexity index is 631. The van der Waals surface area contributed by atoms with Gasteiger partial charge in [0.25, 0.3) is 10.0 Å². The molecule has 0 aliphatic carbocycles. The predicted octanol–water partition coefficient (Wildman–Crippen LogP) is 0.862. The molecule has 1 fully saturated rings. The Morgan fingerprint density at radius 1 is 0.783 bits per heavy atom. The van der Waals surface area contributed by atoms with Crippen LogP contribution in [0.3, 0.4) is 0 Å². The van der Waals surface area contributed by atoms with Gasteiger partial charge in [0, 0.05) is 13.1 Å². The van der Waals surface area contributed by atoms with E-state index in [1.54, 1.807) is 0 Å².